The molecule has 2 saturated heterocycles. The fourth-order valence-electron chi connectivity index (χ4n) is 2.55. The minimum Gasteiger partial charge on any atom is -0.258 e. The zero-order valence-electron chi connectivity index (χ0n) is 6.80. The second kappa shape index (κ2) is 2.21. The van der Waals surface area contributed by atoms with Crippen molar-refractivity contribution < 1.29 is 0 Å². The molecule has 0 amide bonds. The van der Waals surface area contributed by atoms with E-state index in [1.165, 1.54) is 19.3 Å². The van der Waals surface area contributed by atoms with Crippen LogP contribution in [0.3, 0.4) is 0 Å². The summed E-state index contributed by atoms with van der Waals surface area (Å²) >= 11 is 0. The molecule has 1 atom stereocenters. The van der Waals surface area contributed by atoms with Gasteiger partial charge in [0.05, 0.1) is 0 Å². The summed E-state index contributed by atoms with van der Waals surface area (Å²) in [5, 5.41) is 2.45. The fourth-order valence-corrected chi connectivity index (χ4v) is 2.55. The van der Waals surface area contributed by atoms with Gasteiger partial charge in [-0.2, -0.15) is 0 Å². The third-order valence-corrected chi connectivity index (χ3v) is 3.12. The van der Waals surface area contributed by atoms with Crippen LogP contribution in [0.1, 0.15) is 26.2 Å². The van der Waals surface area contributed by atoms with Gasteiger partial charge in [0, 0.05) is 12.1 Å². The molecule has 0 radical (unpaired) electrons. The lowest BCUT2D eigenvalue weighted by atomic mass is 9.82. The van der Waals surface area contributed by atoms with Crippen LogP contribution in [-0.4, -0.2) is 24.1 Å². The minimum atomic E-state index is 0.843. The standard InChI is InChI=1S/C8H16N2/c1-3-8-6-4-7(5-6)10(8)9-2/h6-9H,3-5H2,1-2H3. The summed E-state index contributed by atoms with van der Waals surface area (Å²) in [7, 11) is 2.04. The van der Waals surface area contributed by atoms with Gasteiger partial charge in [-0.3, -0.25) is 5.43 Å². The van der Waals surface area contributed by atoms with Gasteiger partial charge in [0.1, 0.15) is 0 Å². The third kappa shape index (κ3) is 0.663. The summed E-state index contributed by atoms with van der Waals surface area (Å²) in [5.74, 6) is 1.02. The van der Waals surface area contributed by atoms with Crippen LogP contribution in [0.5, 0.6) is 0 Å². The average Bonchev–Trinajstić information content (AvgIpc) is 2.35. The van der Waals surface area contributed by atoms with Crippen molar-refractivity contribution in [3.05, 3.63) is 0 Å². The van der Waals surface area contributed by atoms with Gasteiger partial charge in [-0.15, -0.1) is 0 Å². The van der Waals surface area contributed by atoms with E-state index >= 15 is 0 Å². The molecule has 2 heteroatoms. The molecule has 1 unspecified atom stereocenters. The number of rotatable bonds is 2. The highest BCUT2D eigenvalue weighted by Gasteiger charge is 2.48. The van der Waals surface area contributed by atoms with Gasteiger partial charge in [-0.1, -0.05) is 6.92 Å². The SMILES string of the molecule is CCC1C2CC(C2)N1NC. The van der Waals surface area contributed by atoms with E-state index in [2.05, 4.69) is 17.4 Å². The quantitative estimate of drug-likeness (QED) is 0.615. The first kappa shape index (κ1) is 6.62. The van der Waals surface area contributed by atoms with E-state index in [4.69, 9.17) is 0 Å². The Hall–Kier alpha value is -0.0800. The lowest BCUT2D eigenvalue weighted by molar-refractivity contribution is 0.158. The molecule has 2 nitrogen and oxygen atoms in total. The van der Waals surface area contributed by atoms with Crippen LogP contribution in [0.2, 0.25) is 0 Å². The Morgan fingerprint density at radius 2 is 2.20 bits per heavy atom. The molecule has 58 valence electrons. The van der Waals surface area contributed by atoms with Crippen molar-refractivity contribution in [1.82, 2.24) is 10.4 Å². The van der Waals surface area contributed by atoms with Gasteiger partial charge in [0.2, 0.25) is 0 Å². The predicted octanol–water partition coefficient (Wildman–Crippen LogP) is 0.994. The van der Waals surface area contributed by atoms with Crippen molar-refractivity contribution >= 4 is 0 Å². The largest absolute Gasteiger partial charge is 0.258 e. The number of nitrogens with zero attached hydrogens (tertiary/aromatic N) is 1. The van der Waals surface area contributed by atoms with Crippen molar-refractivity contribution in [3.8, 4) is 0 Å². The van der Waals surface area contributed by atoms with Crippen LogP contribution >= 0.6 is 0 Å². The average molecular weight is 140 g/mol. The molecule has 3 aliphatic rings. The molecule has 3 fully saturated rings. The highest BCUT2D eigenvalue weighted by Crippen LogP contribution is 2.45. The summed E-state index contributed by atoms with van der Waals surface area (Å²) in [5.41, 5.74) is 3.29. The van der Waals surface area contributed by atoms with Gasteiger partial charge >= 0.3 is 0 Å². The van der Waals surface area contributed by atoms with Gasteiger partial charge in [-0.05, 0) is 32.2 Å². The van der Waals surface area contributed by atoms with Gasteiger partial charge in [-0.25, -0.2) is 5.01 Å². The van der Waals surface area contributed by atoms with Crippen LogP contribution in [-0.2, 0) is 0 Å². The Morgan fingerprint density at radius 1 is 1.50 bits per heavy atom. The fraction of sp³-hybridized carbons (Fsp3) is 1.00. The van der Waals surface area contributed by atoms with Crippen LogP contribution in [0.25, 0.3) is 0 Å². The molecule has 1 aliphatic carbocycles. The zero-order valence-corrected chi connectivity index (χ0v) is 6.80. The third-order valence-electron chi connectivity index (χ3n) is 3.12. The Morgan fingerprint density at radius 3 is 2.60 bits per heavy atom. The maximum atomic E-state index is 3.29. The molecule has 2 aliphatic heterocycles. The molecule has 10 heavy (non-hydrogen) atoms. The molecule has 0 aromatic rings. The van der Waals surface area contributed by atoms with Crippen molar-refractivity contribution in [2.75, 3.05) is 7.05 Å². The molecule has 0 spiro atoms. The molecule has 1 saturated carbocycles. The van der Waals surface area contributed by atoms with E-state index in [1.54, 1.807) is 0 Å². The lowest BCUT2D eigenvalue weighted by Gasteiger charge is -2.24. The van der Waals surface area contributed by atoms with E-state index in [0.29, 0.717) is 0 Å². The molecular weight excluding hydrogens is 124 g/mol. The first-order valence-corrected chi connectivity index (χ1v) is 4.32. The second-order valence-corrected chi connectivity index (χ2v) is 3.49. The highest BCUT2D eigenvalue weighted by molar-refractivity contribution is 5.01. The maximum absolute atomic E-state index is 3.29. The molecule has 2 heterocycles. The molecule has 0 aromatic carbocycles. The van der Waals surface area contributed by atoms with Gasteiger partial charge in [0.15, 0.2) is 0 Å². The topological polar surface area (TPSA) is 15.3 Å². The lowest BCUT2D eigenvalue weighted by Crippen LogP contribution is -2.40. The zero-order chi connectivity index (χ0) is 7.14. The van der Waals surface area contributed by atoms with E-state index in [0.717, 1.165) is 18.0 Å². The minimum absolute atomic E-state index is 0.843. The van der Waals surface area contributed by atoms with E-state index in [9.17, 15) is 0 Å². The number of hydrazine groups is 1. The van der Waals surface area contributed by atoms with E-state index in [1.807, 2.05) is 7.05 Å². The maximum Gasteiger partial charge on any atom is 0.0273 e. The normalized spacial score (nSPS) is 45.6. The molecule has 2 bridgehead atoms. The summed E-state index contributed by atoms with van der Waals surface area (Å²) in [6, 6.07) is 1.72. The number of fused-ring (bicyclic) bond motifs is 1. The van der Waals surface area contributed by atoms with Crippen molar-refractivity contribution in [2.24, 2.45) is 5.92 Å². The summed E-state index contributed by atoms with van der Waals surface area (Å²) in [6.45, 7) is 2.29. The predicted molar refractivity (Wildman–Crippen MR) is 41.5 cm³/mol. The smallest absolute Gasteiger partial charge is 0.0273 e. The Kier molecular flexibility index (Phi) is 1.46. The molecular formula is C8H16N2. The van der Waals surface area contributed by atoms with Gasteiger partial charge < -0.3 is 0 Å². The van der Waals surface area contributed by atoms with Crippen LogP contribution in [0.4, 0.5) is 0 Å². The Balaban J connectivity index is 2.04. The second-order valence-electron chi connectivity index (χ2n) is 3.49. The first-order chi connectivity index (χ1) is 4.86. The summed E-state index contributed by atoms with van der Waals surface area (Å²) in [4.78, 5) is 0. The van der Waals surface area contributed by atoms with E-state index < -0.39 is 0 Å². The highest BCUT2D eigenvalue weighted by atomic mass is 15.5. The number of hydrogen-bond acceptors (Lipinski definition) is 2. The van der Waals surface area contributed by atoms with Gasteiger partial charge in [0.25, 0.3) is 0 Å². The first-order valence-electron chi connectivity index (χ1n) is 4.32. The molecule has 1 N–H and O–H groups in total. The van der Waals surface area contributed by atoms with Crippen LogP contribution in [0.15, 0.2) is 0 Å². The van der Waals surface area contributed by atoms with Crippen molar-refractivity contribution in [1.29, 1.82) is 0 Å². The van der Waals surface area contributed by atoms with Crippen molar-refractivity contribution in [3.63, 3.8) is 0 Å². The van der Waals surface area contributed by atoms with E-state index in [-0.39, 0.29) is 0 Å². The summed E-state index contributed by atoms with van der Waals surface area (Å²) in [6.07, 6.45) is 4.20. The summed E-state index contributed by atoms with van der Waals surface area (Å²) < 4.78 is 0. The molecule has 0 aromatic heterocycles. The number of hydrogen-bond donors (Lipinski definition) is 1. The Bertz CT molecular complexity index is 115. The van der Waals surface area contributed by atoms with Crippen LogP contribution < -0.4 is 5.43 Å². The monoisotopic (exact) mass is 140 g/mol. The molecule has 3 rings (SSSR count). The Labute approximate surface area is 62.6 Å². The number of nitrogens with one attached hydrogen (secondary N) is 1. The van der Waals surface area contributed by atoms with Crippen LogP contribution in [0, 0.1) is 5.92 Å². The van der Waals surface area contributed by atoms with Crippen molar-refractivity contribution in [2.45, 2.75) is 38.3 Å².